The van der Waals surface area contributed by atoms with Gasteiger partial charge in [0.2, 0.25) is 5.89 Å². The van der Waals surface area contributed by atoms with E-state index in [2.05, 4.69) is 48.8 Å². The van der Waals surface area contributed by atoms with Crippen molar-refractivity contribution in [2.75, 3.05) is 0 Å². The van der Waals surface area contributed by atoms with E-state index < -0.39 is 0 Å². The van der Waals surface area contributed by atoms with E-state index >= 15 is 0 Å². The SMILES string of the molecule is Cc1cnc(C(C)NC(=O)c2cc(I)ccc2Br)o1. The second-order valence-corrected chi connectivity index (χ2v) is 6.23. The van der Waals surface area contributed by atoms with Crippen molar-refractivity contribution in [1.82, 2.24) is 10.3 Å². The number of rotatable bonds is 3. The van der Waals surface area contributed by atoms with E-state index in [4.69, 9.17) is 4.42 Å². The molecule has 0 spiro atoms. The van der Waals surface area contributed by atoms with E-state index in [1.54, 1.807) is 6.20 Å². The molecule has 1 heterocycles. The third-order valence-corrected chi connectivity index (χ3v) is 3.89. The highest BCUT2D eigenvalue weighted by Crippen LogP contribution is 2.21. The summed E-state index contributed by atoms with van der Waals surface area (Å²) in [4.78, 5) is 16.3. The van der Waals surface area contributed by atoms with E-state index in [9.17, 15) is 4.79 Å². The quantitative estimate of drug-likeness (QED) is 0.746. The number of carbonyl (C=O) groups excluding carboxylic acids is 1. The smallest absolute Gasteiger partial charge is 0.253 e. The van der Waals surface area contributed by atoms with Gasteiger partial charge in [-0.1, -0.05) is 0 Å². The first kappa shape index (κ1) is 14.5. The molecule has 0 saturated heterocycles. The average molecular weight is 435 g/mol. The molecule has 1 atom stereocenters. The van der Waals surface area contributed by atoms with Crippen LogP contribution in [0.2, 0.25) is 0 Å². The Morgan fingerprint density at radius 2 is 2.26 bits per heavy atom. The van der Waals surface area contributed by atoms with E-state index in [1.165, 1.54) is 0 Å². The Kier molecular flexibility index (Phi) is 4.62. The molecule has 6 heteroatoms. The summed E-state index contributed by atoms with van der Waals surface area (Å²) in [5, 5.41) is 2.87. The largest absolute Gasteiger partial charge is 0.444 e. The number of hydrogen-bond acceptors (Lipinski definition) is 3. The monoisotopic (exact) mass is 434 g/mol. The van der Waals surface area contributed by atoms with Crippen molar-refractivity contribution < 1.29 is 9.21 Å². The van der Waals surface area contributed by atoms with Crippen LogP contribution in [-0.2, 0) is 0 Å². The Morgan fingerprint density at radius 3 is 2.89 bits per heavy atom. The molecule has 1 aromatic heterocycles. The molecule has 0 fully saturated rings. The van der Waals surface area contributed by atoms with Gasteiger partial charge in [-0.05, 0) is 70.6 Å². The molecule has 0 saturated carbocycles. The summed E-state index contributed by atoms with van der Waals surface area (Å²) in [6, 6.07) is 5.35. The molecule has 0 aliphatic rings. The van der Waals surface area contributed by atoms with Crippen LogP contribution in [0.25, 0.3) is 0 Å². The number of hydrogen-bond donors (Lipinski definition) is 1. The second kappa shape index (κ2) is 6.04. The van der Waals surface area contributed by atoms with Gasteiger partial charge in [0.1, 0.15) is 11.8 Å². The third-order valence-electron chi connectivity index (χ3n) is 2.53. The fraction of sp³-hybridized carbons (Fsp3) is 0.231. The van der Waals surface area contributed by atoms with Crippen molar-refractivity contribution in [2.45, 2.75) is 19.9 Å². The predicted octanol–water partition coefficient (Wildman–Crippen LogP) is 3.84. The number of halogens is 2. The molecule has 0 bridgehead atoms. The number of aryl methyl sites for hydroxylation is 1. The van der Waals surface area contributed by atoms with E-state index in [-0.39, 0.29) is 11.9 Å². The summed E-state index contributed by atoms with van der Waals surface area (Å²) in [6.07, 6.45) is 1.64. The van der Waals surface area contributed by atoms with Gasteiger partial charge in [0.15, 0.2) is 0 Å². The molecule has 1 N–H and O–H groups in total. The Labute approximate surface area is 133 Å². The van der Waals surface area contributed by atoms with Gasteiger partial charge in [-0.2, -0.15) is 0 Å². The molecule has 4 nitrogen and oxygen atoms in total. The average Bonchev–Trinajstić information content (AvgIpc) is 2.79. The number of nitrogens with zero attached hydrogens (tertiary/aromatic N) is 1. The first-order valence-electron chi connectivity index (χ1n) is 5.65. The topological polar surface area (TPSA) is 55.1 Å². The van der Waals surface area contributed by atoms with Crippen LogP contribution in [-0.4, -0.2) is 10.9 Å². The van der Waals surface area contributed by atoms with E-state index in [1.807, 2.05) is 32.0 Å². The van der Waals surface area contributed by atoms with Crippen molar-refractivity contribution in [3.05, 3.63) is 49.7 Å². The van der Waals surface area contributed by atoms with Crippen LogP contribution in [0.1, 0.15) is 35.0 Å². The van der Waals surface area contributed by atoms with Gasteiger partial charge < -0.3 is 9.73 Å². The number of carbonyl (C=O) groups is 1. The minimum Gasteiger partial charge on any atom is -0.444 e. The molecular formula is C13H12BrIN2O2. The molecule has 0 aliphatic carbocycles. The van der Waals surface area contributed by atoms with Crippen LogP contribution < -0.4 is 5.32 Å². The molecule has 100 valence electrons. The van der Waals surface area contributed by atoms with Gasteiger partial charge in [-0.25, -0.2) is 4.98 Å². The molecule has 2 rings (SSSR count). The van der Waals surface area contributed by atoms with Crippen molar-refractivity contribution >= 4 is 44.4 Å². The van der Waals surface area contributed by atoms with E-state index in [0.717, 1.165) is 13.8 Å². The highest BCUT2D eigenvalue weighted by atomic mass is 127. The normalized spacial score (nSPS) is 12.2. The first-order valence-corrected chi connectivity index (χ1v) is 7.53. The first-order chi connectivity index (χ1) is 8.97. The zero-order valence-corrected chi connectivity index (χ0v) is 14.1. The summed E-state index contributed by atoms with van der Waals surface area (Å²) in [7, 11) is 0. The molecule has 1 aromatic carbocycles. The summed E-state index contributed by atoms with van der Waals surface area (Å²) in [5.74, 6) is 1.08. The number of aromatic nitrogens is 1. The van der Waals surface area contributed by atoms with Crippen LogP contribution >= 0.6 is 38.5 Å². The Balaban J connectivity index is 2.15. The van der Waals surface area contributed by atoms with Crippen LogP contribution in [0, 0.1) is 10.5 Å². The number of amides is 1. The van der Waals surface area contributed by atoms with Gasteiger partial charge in [0, 0.05) is 8.04 Å². The second-order valence-electron chi connectivity index (χ2n) is 4.13. The predicted molar refractivity (Wildman–Crippen MR) is 84.0 cm³/mol. The zero-order valence-electron chi connectivity index (χ0n) is 10.4. The minimum absolute atomic E-state index is 0.159. The van der Waals surface area contributed by atoms with Gasteiger partial charge in [-0.15, -0.1) is 0 Å². The Bertz CT molecular complexity index is 612. The van der Waals surface area contributed by atoms with Crippen molar-refractivity contribution in [3.8, 4) is 0 Å². The number of oxazole rings is 1. The molecule has 0 aliphatic heterocycles. The highest BCUT2D eigenvalue weighted by Gasteiger charge is 2.17. The molecule has 1 unspecified atom stereocenters. The Hall–Kier alpha value is -0.890. The van der Waals surface area contributed by atoms with Crippen LogP contribution in [0.4, 0.5) is 0 Å². The highest BCUT2D eigenvalue weighted by molar-refractivity contribution is 14.1. The lowest BCUT2D eigenvalue weighted by molar-refractivity contribution is 0.0933. The van der Waals surface area contributed by atoms with Crippen molar-refractivity contribution in [3.63, 3.8) is 0 Å². The molecular weight excluding hydrogens is 423 g/mol. The summed E-state index contributed by atoms with van der Waals surface area (Å²) in [5.41, 5.74) is 0.599. The van der Waals surface area contributed by atoms with Crippen molar-refractivity contribution in [1.29, 1.82) is 0 Å². The zero-order chi connectivity index (χ0) is 14.0. The minimum atomic E-state index is -0.272. The van der Waals surface area contributed by atoms with Gasteiger partial charge in [-0.3, -0.25) is 4.79 Å². The van der Waals surface area contributed by atoms with Gasteiger partial charge in [0.25, 0.3) is 5.91 Å². The van der Waals surface area contributed by atoms with Crippen molar-refractivity contribution in [2.24, 2.45) is 0 Å². The number of benzene rings is 1. The van der Waals surface area contributed by atoms with Crippen LogP contribution in [0.15, 0.2) is 33.3 Å². The maximum atomic E-state index is 12.2. The fourth-order valence-electron chi connectivity index (χ4n) is 1.58. The lowest BCUT2D eigenvalue weighted by Gasteiger charge is -2.11. The molecule has 0 radical (unpaired) electrons. The van der Waals surface area contributed by atoms with E-state index in [0.29, 0.717) is 11.5 Å². The maximum absolute atomic E-state index is 12.2. The standard InChI is InChI=1S/C13H12BrIN2O2/c1-7-6-16-13(19-7)8(2)17-12(18)10-5-9(15)3-4-11(10)14/h3-6,8H,1-2H3,(H,17,18). The number of nitrogens with one attached hydrogen (secondary N) is 1. The Morgan fingerprint density at radius 1 is 1.53 bits per heavy atom. The molecule has 19 heavy (non-hydrogen) atoms. The molecule has 2 aromatic rings. The fourth-order valence-corrected chi connectivity index (χ4v) is 2.50. The van der Waals surface area contributed by atoms with Crippen LogP contribution in [0.5, 0.6) is 0 Å². The molecule has 1 amide bonds. The lowest BCUT2D eigenvalue weighted by atomic mass is 10.2. The third kappa shape index (κ3) is 3.56. The maximum Gasteiger partial charge on any atom is 0.253 e. The summed E-state index contributed by atoms with van der Waals surface area (Å²) >= 11 is 5.55. The van der Waals surface area contributed by atoms with Gasteiger partial charge >= 0.3 is 0 Å². The lowest BCUT2D eigenvalue weighted by Crippen LogP contribution is -2.27. The van der Waals surface area contributed by atoms with Crippen LogP contribution in [0.3, 0.4) is 0 Å². The van der Waals surface area contributed by atoms with Gasteiger partial charge in [0.05, 0.1) is 11.8 Å². The summed E-state index contributed by atoms with van der Waals surface area (Å²) in [6.45, 7) is 3.66. The summed E-state index contributed by atoms with van der Waals surface area (Å²) < 4.78 is 7.17.